The Hall–Kier alpha value is -3.20. The van der Waals surface area contributed by atoms with Crippen molar-refractivity contribution in [2.75, 3.05) is 0 Å². The highest BCUT2D eigenvalue weighted by molar-refractivity contribution is 6.32. The third kappa shape index (κ3) is 2.21. The maximum absolute atomic E-state index is 12.8. The van der Waals surface area contributed by atoms with Crippen LogP contribution in [0.4, 0.5) is 0 Å². The Morgan fingerprint density at radius 2 is 1.07 bits per heavy atom. The van der Waals surface area contributed by atoms with E-state index < -0.39 is 0 Å². The number of benzene rings is 2. The van der Waals surface area contributed by atoms with Gasteiger partial charge < -0.3 is 0 Å². The number of fused-ring (bicyclic) bond motifs is 2. The zero-order chi connectivity index (χ0) is 18.7. The zero-order valence-corrected chi connectivity index (χ0v) is 15.2. The van der Waals surface area contributed by atoms with Crippen LogP contribution in [0, 0.1) is 0 Å². The largest absolute Gasteiger partial charge is 0.288 e. The van der Waals surface area contributed by atoms with Crippen molar-refractivity contribution in [1.82, 2.24) is 5.32 Å². The predicted molar refractivity (Wildman–Crippen MR) is 106 cm³/mol. The van der Waals surface area contributed by atoms with Crippen molar-refractivity contribution in [3.05, 3.63) is 94.1 Å². The molecule has 2 atom stereocenters. The minimum atomic E-state index is -0.303. The maximum Gasteiger partial charge on any atom is 0.259 e. The van der Waals surface area contributed by atoms with Crippen molar-refractivity contribution in [1.29, 1.82) is 0 Å². The Labute approximate surface area is 158 Å². The quantitative estimate of drug-likeness (QED) is 0.817. The van der Waals surface area contributed by atoms with E-state index in [0.29, 0.717) is 11.1 Å². The van der Waals surface area contributed by atoms with Gasteiger partial charge in [0.1, 0.15) is 0 Å². The molecule has 0 bridgehead atoms. The minimum Gasteiger partial charge on any atom is -0.288 e. The third-order valence-corrected chi connectivity index (χ3v) is 5.79. The van der Waals surface area contributed by atoms with Gasteiger partial charge in [0.25, 0.3) is 11.8 Å². The van der Waals surface area contributed by atoms with Crippen LogP contribution in [0.25, 0.3) is 11.1 Å². The molecule has 0 saturated carbocycles. The van der Waals surface area contributed by atoms with Crippen molar-refractivity contribution in [2.24, 2.45) is 0 Å². The minimum absolute atomic E-state index is 0.220. The summed E-state index contributed by atoms with van der Waals surface area (Å²) >= 11 is 0. The van der Waals surface area contributed by atoms with E-state index in [1.807, 2.05) is 36.4 Å². The number of carbonyl (C=O) groups is 2. The number of imide groups is 1. The first-order valence-electron chi connectivity index (χ1n) is 9.29. The van der Waals surface area contributed by atoms with Crippen LogP contribution in [0.15, 0.2) is 71.8 Å². The van der Waals surface area contributed by atoms with Gasteiger partial charge in [-0.15, -0.1) is 0 Å². The number of rotatable bonds is 2. The number of amides is 2. The lowest BCUT2D eigenvalue weighted by molar-refractivity contribution is -0.123. The van der Waals surface area contributed by atoms with Crippen molar-refractivity contribution in [3.8, 4) is 0 Å². The van der Waals surface area contributed by atoms with Crippen LogP contribution < -0.4 is 5.32 Å². The monoisotopic (exact) mass is 353 g/mol. The van der Waals surface area contributed by atoms with Gasteiger partial charge in [-0.05, 0) is 33.4 Å². The van der Waals surface area contributed by atoms with Crippen molar-refractivity contribution in [2.45, 2.75) is 25.7 Å². The smallest absolute Gasteiger partial charge is 0.259 e. The van der Waals surface area contributed by atoms with Gasteiger partial charge >= 0.3 is 0 Å². The standard InChI is InChI=1S/C24H19NO2/c1-13-11-19(17-9-5-3-7-15(13)17)21-22(24(27)25-23(21)26)20-12-14(2)16-8-4-6-10-18(16)20/h3-14H,1-2H3,(H,25,26,27). The van der Waals surface area contributed by atoms with Gasteiger partial charge in [-0.2, -0.15) is 0 Å². The molecule has 1 heterocycles. The second kappa shape index (κ2) is 5.65. The summed E-state index contributed by atoms with van der Waals surface area (Å²) in [4.78, 5) is 25.6. The fourth-order valence-electron chi connectivity index (χ4n) is 4.54. The van der Waals surface area contributed by atoms with Crippen LogP contribution in [0.1, 0.15) is 47.9 Å². The van der Waals surface area contributed by atoms with Gasteiger partial charge in [-0.25, -0.2) is 0 Å². The Morgan fingerprint density at radius 3 is 1.52 bits per heavy atom. The Balaban J connectivity index is 1.75. The molecular formula is C24H19NO2. The molecule has 132 valence electrons. The lowest BCUT2D eigenvalue weighted by Gasteiger charge is -2.10. The molecule has 2 aromatic carbocycles. The van der Waals surface area contributed by atoms with Crippen LogP contribution in [0.2, 0.25) is 0 Å². The van der Waals surface area contributed by atoms with Crippen LogP contribution in [-0.2, 0) is 9.59 Å². The highest BCUT2D eigenvalue weighted by Gasteiger charge is 2.39. The van der Waals surface area contributed by atoms with Crippen LogP contribution in [0.3, 0.4) is 0 Å². The molecule has 2 unspecified atom stereocenters. The van der Waals surface area contributed by atoms with E-state index in [-0.39, 0.29) is 23.7 Å². The van der Waals surface area contributed by atoms with Gasteiger partial charge in [0.05, 0.1) is 11.1 Å². The molecule has 3 nitrogen and oxygen atoms in total. The third-order valence-electron chi connectivity index (χ3n) is 5.79. The molecule has 0 aromatic heterocycles. The summed E-state index contributed by atoms with van der Waals surface area (Å²) in [5.41, 5.74) is 7.23. The molecule has 5 rings (SSSR count). The maximum atomic E-state index is 12.8. The zero-order valence-electron chi connectivity index (χ0n) is 15.2. The number of nitrogens with one attached hydrogen (secondary N) is 1. The second-order valence-corrected chi connectivity index (χ2v) is 7.45. The van der Waals surface area contributed by atoms with Crippen LogP contribution in [0.5, 0.6) is 0 Å². The molecule has 2 amide bonds. The van der Waals surface area contributed by atoms with E-state index >= 15 is 0 Å². The molecule has 0 radical (unpaired) electrons. The van der Waals surface area contributed by atoms with Crippen LogP contribution in [-0.4, -0.2) is 11.8 Å². The molecule has 1 aliphatic heterocycles. The molecular weight excluding hydrogens is 334 g/mol. The van der Waals surface area contributed by atoms with Gasteiger partial charge in [0, 0.05) is 11.8 Å². The Kier molecular flexibility index (Phi) is 3.35. The predicted octanol–water partition coefficient (Wildman–Crippen LogP) is 4.34. The number of allylic oxidation sites excluding steroid dienone is 2. The van der Waals surface area contributed by atoms with Gasteiger partial charge in [-0.3, -0.25) is 14.9 Å². The molecule has 2 aliphatic carbocycles. The molecule has 1 N–H and O–H groups in total. The Morgan fingerprint density at radius 1 is 0.667 bits per heavy atom. The van der Waals surface area contributed by atoms with Crippen molar-refractivity contribution in [3.63, 3.8) is 0 Å². The lowest BCUT2D eigenvalue weighted by Crippen LogP contribution is -2.23. The SMILES string of the molecule is CC1C=C(C2=C(C3=CC(C)c4ccccc43)C(=O)NC2=O)c2ccccc21. The summed E-state index contributed by atoms with van der Waals surface area (Å²) in [6, 6.07) is 16.2. The average Bonchev–Trinajstić information content (AvgIpc) is 3.27. The lowest BCUT2D eigenvalue weighted by atomic mass is 9.90. The average molecular weight is 353 g/mol. The van der Waals surface area contributed by atoms with Gasteiger partial charge in [0.15, 0.2) is 0 Å². The van der Waals surface area contributed by atoms with Gasteiger partial charge in [-0.1, -0.05) is 74.5 Å². The molecule has 3 aliphatic rings. The molecule has 27 heavy (non-hydrogen) atoms. The Bertz CT molecular complexity index is 1030. The summed E-state index contributed by atoms with van der Waals surface area (Å²) in [6.45, 7) is 4.24. The van der Waals surface area contributed by atoms with Crippen LogP contribution >= 0.6 is 0 Å². The van der Waals surface area contributed by atoms with E-state index in [1.165, 1.54) is 11.1 Å². The molecule has 0 saturated heterocycles. The fourth-order valence-corrected chi connectivity index (χ4v) is 4.54. The fraction of sp³-hybridized carbons (Fsp3) is 0.167. The molecule has 3 heteroatoms. The van der Waals surface area contributed by atoms with Crippen molar-refractivity contribution >= 4 is 23.0 Å². The van der Waals surface area contributed by atoms with E-state index in [4.69, 9.17) is 0 Å². The van der Waals surface area contributed by atoms with E-state index in [2.05, 4.69) is 43.4 Å². The topological polar surface area (TPSA) is 46.2 Å². The number of hydrogen-bond acceptors (Lipinski definition) is 2. The highest BCUT2D eigenvalue weighted by atomic mass is 16.2. The molecule has 0 fully saturated rings. The molecule has 2 aromatic rings. The van der Waals surface area contributed by atoms with E-state index in [9.17, 15) is 9.59 Å². The summed E-state index contributed by atoms with van der Waals surface area (Å²) in [5, 5.41) is 2.53. The first-order valence-corrected chi connectivity index (χ1v) is 9.29. The van der Waals surface area contributed by atoms with E-state index in [1.54, 1.807) is 0 Å². The summed E-state index contributed by atoms with van der Waals surface area (Å²) in [6.07, 6.45) is 4.20. The van der Waals surface area contributed by atoms with Gasteiger partial charge in [0.2, 0.25) is 0 Å². The number of carbonyl (C=O) groups excluding carboxylic acids is 2. The highest BCUT2D eigenvalue weighted by Crippen LogP contribution is 2.46. The van der Waals surface area contributed by atoms with E-state index in [0.717, 1.165) is 22.3 Å². The summed E-state index contributed by atoms with van der Waals surface area (Å²) < 4.78 is 0. The first-order chi connectivity index (χ1) is 13.1. The number of hydrogen-bond donors (Lipinski definition) is 1. The second-order valence-electron chi connectivity index (χ2n) is 7.45. The summed E-state index contributed by atoms with van der Waals surface area (Å²) in [7, 11) is 0. The van der Waals surface area contributed by atoms with Crippen molar-refractivity contribution < 1.29 is 9.59 Å². The molecule has 0 spiro atoms. The summed E-state index contributed by atoms with van der Waals surface area (Å²) in [5.74, 6) is -0.166. The first kappa shape index (κ1) is 16.0. The normalized spacial score (nSPS) is 23.2.